The smallest absolute Gasteiger partial charge is 0.227 e. The van der Waals surface area contributed by atoms with Gasteiger partial charge in [0.1, 0.15) is 5.75 Å². The van der Waals surface area contributed by atoms with E-state index in [1.54, 1.807) is 7.11 Å². The summed E-state index contributed by atoms with van der Waals surface area (Å²) in [6.45, 7) is 3.69. The predicted octanol–water partition coefficient (Wildman–Crippen LogP) is 2.68. The molecule has 1 amide bonds. The number of amides is 1. The van der Waals surface area contributed by atoms with Gasteiger partial charge in [0.15, 0.2) is 0 Å². The first-order valence-corrected chi connectivity index (χ1v) is 8.97. The van der Waals surface area contributed by atoms with E-state index >= 15 is 0 Å². The van der Waals surface area contributed by atoms with Crippen molar-refractivity contribution in [3.63, 3.8) is 0 Å². The van der Waals surface area contributed by atoms with Crippen LogP contribution in [0.2, 0.25) is 0 Å². The van der Waals surface area contributed by atoms with E-state index in [1.807, 2.05) is 29.2 Å². The summed E-state index contributed by atoms with van der Waals surface area (Å²) in [5, 5.41) is 0. The van der Waals surface area contributed by atoms with Gasteiger partial charge in [-0.3, -0.25) is 9.69 Å². The van der Waals surface area contributed by atoms with E-state index in [0.717, 1.165) is 43.9 Å². The lowest BCUT2D eigenvalue weighted by molar-refractivity contribution is -0.133. The second-order valence-electron chi connectivity index (χ2n) is 6.87. The zero-order valence-corrected chi connectivity index (χ0v) is 14.6. The number of hydrogen-bond donors (Lipinski definition) is 0. The maximum absolute atomic E-state index is 12.8. The second-order valence-corrected chi connectivity index (χ2v) is 6.87. The summed E-state index contributed by atoms with van der Waals surface area (Å²) >= 11 is 0. The van der Waals surface area contributed by atoms with E-state index in [9.17, 15) is 4.79 Å². The summed E-state index contributed by atoms with van der Waals surface area (Å²) in [5.41, 5.74) is 3.88. The fourth-order valence-corrected chi connectivity index (χ4v) is 3.99. The Morgan fingerprint density at radius 3 is 2.68 bits per heavy atom. The van der Waals surface area contributed by atoms with Crippen molar-refractivity contribution in [3.05, 3.63) is 65.2 Å². The molecular weight excluding hydrogens is 312 g/mol. The van der Waals surface area contributed by atoms with Crippen LogP contribution in [0.5, 0.6) is 5.75 Å². The van der Waals surface area contributed by atoms with Gasteiger partial charge in [-0.15, -0.1) is 0 Å². The Bertz CT molecular complexity index is 757. The van der Waals surface area contributed by atoms with Crippen LogP contribution in [0.4, 0.5) is 0 Å². The van der Waals surface area contributed by atoms with E-state index in [0.29, 0.717) is 12.5 Å². The van der Waals surface area contributed by atoms with Crippen LogP contribution in [0.3, 0.4) is 0 Å². The van der Waals surface area contributed by atoms with Crippen LogP contribution in [-0.4, -0.2) is 49.0 Å². The van der Waals surface area contributed by atoms with Crippen LogP contribution < -0.4 is 4.74 Å². The molecule has 0 saturated carbocycles. The number of nitrogens with zero attached hydrogens (tertiary/aromatic N) is 2. The Morgan fingerprint density at radius 2 is 1.88 bits per heavy atom. The van der Waals surface area contributed by atoms with Gasteiger partial charge >= 0.3 is 0 Å². The first kappa shape index (κ1) is 16.2. The van der Waals surface area contributed by atoms with Crippen LogP contribution in [0.15, 0.2) is 48.5 Å². The molecule has 2 heterocycles. The maximum atomic E-state index is 12.8. The summed E-state index contributed by atoms with van der Waals surface area (Å²) in [4.78, 5) is 17.3. The lowest BCUT2D eigenvalue weighted by Gasteiger charge is -2.45. The van der Waals surface area contributed by atoms with Crippen LogP contribution in [-0.2, 0) is 17.6 Å². The molecule has 2 aliphatic heterocycles. The number of benzene rings is 2. The van der Waals surface area contributed by atoms with Gasteiger partial charge in [-0.05, 0) is 35.2 Å². The van der Waals surface area contributed by atoms with Crippen molar-refractivity contribution in [2.45, 2.75) is 18.9 Å². The van der Waals surface area contributed by atoms with Crippen molar-refractivity contribution in [3.8, 4) is 5.75 Å². The van der Waals surface area contributed by atoms with E-state index in [2.05, 4.69) is 29.2 Å². The molecule has 0 spiro atoms. The van der Waals surface area contributed by atoms with Crippen LogP contribution in [0.25, 0.3) is 0 Å². The van der Waals surface area contributed by atoms with Crippen LogP contribution in [0, 0.1) is 0 Å². The number of carbonyl (C=O) groups is 1. The highest BCUT2D eigenvalue weighted by Crippen LogP contribution is 2.32. The standard InChI is InChI=1S/C21H24N2O2/c1-25-18-8-6-16(7-9-18)14-21(24)23-13-12-22-11-10-17-4-2-3-5-19(17)20(22)15-23/h2-9,20H,10-15H2,1H3. The predicted molar refractivity (Wildman–Crippen MR) is 97.7 cm³/mol. The fraction of sp³-hybridized carbons (Fsp3) is 0.381. The van der Waals surface area contributed by atoms with Gasteiger partial charge in [0.05, 0.1) is 19.6 Å². The van der Waals surface area contributed by atoms with E-state index in [1.165, 1.54) is 11.1 Å². The minimum absolute atomic E-state index is 0.216. The third-order valence-corrected chi connectivity index (χ3v) is 5.44. The number of rotatable bonds is 3. The van der Waals surface area contributed by atoms with Crippen molar-refractivity contribution in [1.82, 2.24) is 9.80 Å². The third-order valence-electron chi connectivity index (χ3n) is 5.44. The molecule has 2 aromatic carbocycles. The zero-order chi connectivity index (χ0) is 17.2. The van der Waals surface area contributed by atoms with Crippen LogP contribution >= 0.6 is 0 Å². The van der Waals surface area contributed by atoms with Gasteiger partial charge in [0.25, 0.3) is 0 Å². The van der Waals surface area contributed by atoms with Gasteiger partial charge in [0.2, 0.25) is 5.91 Å². The van der Waals surface area contributed by atoms with Gasteiger partial charge in [0, 0.05) is 26.2 Å². The number of piperazine rings is 1. The Labute approximate surface area is 149 Å². The Morgan fingerprint density at radius 1 is 1.08 bits per heavy atom. The average molecular weight is 336 g/mol. The lowest BCUT2D eigenvalue weighted by Crippen LogP contribution is -2.52. The minimum atomic E-state index is 0.216. The van der Waals surface area contributed by atoms with Crippen molar-refractivity contribution in [1.29, 1.82) is 0 Å². The normalized spacial score (nSPS) is 19.9. The summed E-state index contributed by atoms with van der Waals surface area (Å²) in [5.74, 6) is 1.04. The molecule has 4 heteroatoms. The molecule has 0 radical (unpaired) electrons. The van der Waals surface area contributed by atoms with E-state index in [4.69, 9.17) is 4.74 Å². The number of ether oxygens (including phenoxy) is 1. The highest BCUT2D eigenvalue weighted by Gasteiger charge is 2.33. The lowest BCUT2D eigenvalue weighted by atomic mass is 9.91. The van der Waals surface area contributed by atoms with Gasteiger partial charge < -0.3 is 9.64 Å². The van der Waals surface area contributed by atoms with Crippen molar-refractivity contribution >= 4 is 5.91 Å². The topological polar surface area (TPSA) is 32.8 Å². The molecular formula is C21H24N2O2. The zero-order valence-electron chi connectivity index (χ0n) is 14.6. The van der Waals surface area contributed by atoms with Gasteiger partial charge in [-0.2, -0.15) is 0 Å². The molecule has 0 bridgehead atoms. The molecule has 1 fully saturated rings. The quantitative estimate of drug-likeness (QED) is 0.864. The highest BCUT2D eigenvalue weighted by atomic mass is 16.5. The highest BCUT2D eigenvalue weighted by molar-refractivity contribution is 5.79. The third kappa shape index (κ3) is 3.27. The van der Waals surface area contributed by atoms with E-state index < -0.39 is 0 Å². The minimum Gasteiger partial charge on any atom is -0.497 e. The summed E-state index contributed by atoms with van der Waals surface area (Å²) in [7, 11) is 1.65. The summed E-state index contributed by atoms with van der Waals surface area (Å²) < 4.78 is 5.18. The van der Waals surface area contributed by atoms with Crippen LogP contribution in [0.1, 0.15) is 22.7 Å². The first-order chi connectivity index (χ1) is 12.2. The Hall–Kier alpha value is -2.33. The van der Waals surface area contributed by atoms with Gasteiger partial charge in [-0.1, -0.05) is 36.4 Å². The van der Waals surface area contributed by atoms with Crippen molar-refractivity contribution in [2.24, 2.45) is 0 Å². The Balaban J connectivity index is 1.46. The number of hydrogen-bond acceptors (Lipinski definition) is 3. The fourth-order valence-electron chi connectivity index (χ4n) is 3.99. The molecule has 25 heavy (non-hydrogen) atoms. The number of methoxy groups -OCH3 is 1. The second kappa shape index (κ2) is 6.89. The van der Waals surface area contributed by atoms with Crippen molar-refractivity contribution < 1.29 is 9.53 Å². The molecule has 1 saturated heterocycles. The summed E-state index contributed by atoms with van der Waals surface area (Å²) in [6, 6.07) is 16.8. The number of carbonyl (C=O) groups excluding carboxylic acids is 1. The van der Waals surface area contributed by atoms with E-state index in [-0.39, 0.29) is 5.91 Å². The first-order valence-electron chi connectivity index (χ1n) is 8.97. The molecule has 1 atom stereocenters. The molecule has 2 aliphatic rings. The molecule has 4 nitrogen and oxygen atoms in total. The summed E-state index contributed by atoms with van der Waals surface area (Å²) in [6.07, 6.45) is 1.57. The molecule has 1 unspecified atom stereocenters. The maximum Gasteiger partial charge on any atom is 0.227 e. The SMILES string of the molecule is COc1ccc(CC(=O)N2CCN3CCc4ccccc4C3C2)cc1. The molecule has 0 aromatic heterocycles. The molecule has 130 valence electrons. The Kier molecular flexibility index (Phi) is 4.45. The molecule has 4 rings (SSSR count). The largest absolute Gasteiger partial charge is 0.497 e. The molecule has 0 aliphatic carbocycles. The monoisotopic (exact) mass is 336 g/mol. The molecule has 0 N–H and O–H groups in total. The van der Waals surface area contributed by atoms with Crippen molar-refractivity contribution in [2.75, 3.05) is 33.3 Å². The average Bonchev–Trinajstić information content (AvgIpc) is 2.68. The van der Waals surface area contributed by atoms with Gasteiger partial charge in [-0.25, -0.2) is 0 Å². The number of fused-ring (bicyclic) bond motifs is 3. The molecule has 2 aromatic rings.